The minimum absolute atomic E-state index is 0.00346. The number of piperidine rings is 1. The molecule has 0 bridgehead atoms. The maximum atomic E-state index is 13.5. The molecule has 1 fully saturated rings. The van der Waals surface area contributed by atoms with Crippen molar-refractivity contribution in [3.05, 3.63) is 58.2 Å². The van der Waals surface area contributed by atoms with Crippen LogP contribution in [0.2, 0.25) is 0 Å². The van der Waals surface area contributed by atoms with Gasteiger partial charge in [-0.1, -0.05) is 6.07 Å². The highest BCUT2D eigenvalue weighted by molar-refractivity contribution is 7.09. The van der Waals surface area contributed by atoms with Gasteiger partial charge in [0, 0.05) is 36.9 Å². The Kier molecular flexibility index (Phi) is 5.76. The molecule has 0 atom stereocenters. The second-order valence-electron chi connectivity index (χ2n) is 8.89. The maximum absolute atomic E-state index is 13.5. The van der Waals surface area contributed by atoms with Gasteiger partial charge in [0.15, 0.2) is 11.5 Å². The number of rotatable bonds is 5. The van der Waals surface area contributed by atoms with Crippen LogP contribution in [0.25, 0.3) is 17.0 Å². The third-order valence-corrected chi connectivity index (χ3v) is 7.26. The minimum Gasteiger partial charge on any atom is -0.337 e. The summed E-state index contributed by atoms with van der Waals surface area (Å²) in [5, 5.41) is 3.13. The molecule has 1 aliphatic heterocycles. The third kappa shape index (κ3) is 4.18. The second kappa shape index (κ2) is 8.72. The normalized spacial score (nSPS) is 15.1. The smallest absolute Gasteiger partial charge is 0.274 e. The number of likely N-dealkylation sites (tertiary alicyclic amines) is 1. The molecule has 1 aliphatic rings. The minimum atomic E-state index is -0.00346. The zero-order valence-corrected chi connectivity index (χ0v) is 20.3. The number of aryl methyl sites for hydroxylation is 2. The summed E-state index contributed by atoms with van der Waals surface area (Å²) in [5.41, 5.74) is 3.09. The molecule has 0 aliphatic carbocycles. The molecule has 1 amide bonds. The predicted octanol–water partition coefficient (Wildman–Crippen LogP) is 3.49. The van der Waals surface area contributed by atoms with Crippen molar-refractivity contribution in [1.82, 2.24) is 33.7 Å². The van der Waals surface area contributed by atoms with Crippen LogP contribution < -0.4 is 0 Å². The van der Waals surface area contributed by atoms with Crippen molar-refractivity contribution in [2.24, 2.45) is 0 Å². The molecule has 5 heterocycles. The third-order valence-electron chi connectivity index (χ3n) is 6.44. The van der Waals surface area contributed by atoms with Gasteiger partial charge in [0.05, 0.1) is 22.8 Å². The largest absolute Gasteiger partial charge is 0.337 e. The van der Waals surface area contributed by atoms with Crippen LogP contribution in [-0.4, -0.2) is 72.9 Å². The monoisotopic (exact) mass is 463 g/mol. The Balaban J connectivity index is 1.46. The number of carbonyl (C=O) groups excluding carboxylic acids is 1. The van der Waals surface area contributed by atoms with Gasteiger partial charge in [0.1, 0.15) is 11.5 Å². The summed E-state index contributed by atoms with van der Waals surface area (Å²) < 4.78 is 4.06. The summed E-state index contributed by atoms with van der Waals surface area (Å²) in [7, 11) is 4.21. The summed E-state index contributed by atoms with van der Waals surface area (Å²) in [6.07, 6.45) is 5.92. The Morgan fingerprint density at radius 2 is 1.94 bits per heavy atom. The fourth-order valence-corrected chi connectivity index (χ4v) is 5.15. The van der Waals surface area contributed by atoms with E-state index in [1.165, 1.54) is 0 Å². The maximum Gasteiger partial charge on any atom is 0.274 e. The van der Waals surface area contributed by atoms with Crippen molar-refractivity contribution >= 4 is 22.8 Å². The van der Waals surface area contributed by atoms with Gasteiger partial charge in [-0.05, 0) is 52.9 Å². The first-order valence-corrected chi connectivity index (χ1v) is 12.2. The highest BCUT2D eigenvalue weighted by atomic mass is 32.1. The van der Waals surface area contributed by atoms with E-state index < -0.39 is 0 Å². The molecule has 33 heavy (non-hydrogen) atoms. The van der Waals surface area contributed by atoms with Crippen LogP contribution in [0.15, 0.2) is 36.0 Å². The van der Waals surface area contributed by atoms with Crippen LogP contribution in [0, 0.1) is 13.8 Å². The lowest BCUT2D eigenvalue weighted by atomic mass is 10.0. The van der Waals surface area contributed by atoms with Crippen molar-refractivity contribution in [2.75, 3.05) is 27.2 Å². The SMILES string of the molecule is Cc1nc(Cn2cc(-c3nc(C(=O)N4CCC(N(C)C)CC4)c4ccccn34)nc2C)cs1. The molecule has 8 nitrogen and oxygen atoms in total. The fourth-order valence-electron chi connectivity index (χ4n) is 4.54. The first kappa shape index (κ1) is 21.8. The van der Waals surface area contributed by atoms with E-state index in [0.717, 1.165) is 53.7 Å². The molecular weight excluding hydrogens is 434 g/mol. The lowest BCUT2D eigenvalue weighted by Gasteiger charge is -2.34. The van der Waals surface area contributed by atoms with Gasteiger partial charge in [0.25, 0.3) is 5.91 Å². The van der Waals surface area contributed by atoms with Crippen molar-refractivity contribution in [3.63, 3.8) is 0 Å². The Labute approximate surface area is 197 Å². The first-order chi connectivity index (χ1) is 15.9. The zero-order valence-electron chi connectivity index (χ0n) is 19.5. The number of hydrogen-bond acceptors (Lipinski definition) is 6. The van der Waals surface area contributed by atoms with Crippen molar-refractivity contribution in [3.8, 4) is 11.5 Å². The van der Waals surface area contributed by atoms with E-state index in [0.29, 0.717) is 24.1 Å². The zero-order chi connectivity index (χ0) is 23.1. The molecular formula is C24H29N7OS. The number of aromatic nitrogens is 5. The van der Waals surface area contributed by atoms with E-state index in [4.69, 9.17) is 9.97 Å². The quantitative estimate of drug-likeness (QED) is 0.453. The average molecular weight is 464 g/mol. The number of amides is 1. The second-order valence-corrected chi connectivity index (χ2v) is 9.95. The molecule has 0 spiro atoms. The molecule has 5 rings (SSSR count). The summed E-state index contributed by atoms with van der Waals surface area (Å²) in [4.78, 5) is 31.8. The summed E-state index contributed by atoms with van der Waals surface area (Å²) in [5.74, 6) is 1.58. The van der Waals surface area contributed by atoms with Gasteiger partial charge in [-0.15, -0.1) is 11.3 Å². The lowest BCUT2D eigenvalue weighted by Crippen LogP contribution is -2.44. The molecule has 0 radical (unpaired) electrons. The van der Waals surface area contributed by atoms with E-state index in [9.17, 15) is 4.79 Å². The lowest BCUT2D eigenvalue weighted by molar-refractivity contribution is 0.0660. The van der Waals surface area contributed by atoms with E-state index in [2.05, 4.69) is 33.9 Å². The number of thiazole rings is 1. The Morgan fingerprint density at radius 3 is 2.64 bits per heavy atom. The molecule has 0 N–H and O–H groups in total. The van der Waals surface area contributed by atoms with Crippen LogP contribution >= 0.6 is 11.3 Å². The Hall–Kier alpha value is -3.04. The number of pyridine rings is 1. The van der Waals surface area contributed by atoms with Crippen LogP contribution in [-0.2, 0) is 6.54 Å². The van der Waals surface area contributed by atoms with E-state index >= 15 is 0 Å². The van der Waals surface area contributed by atoms with Crippen molar-refractivity contribution in [1.29, 1.82) is 0 Å². The van der Waals surface area contributed by atoms with E-state index in [1.54, 1.807) is 11.3 Å². The standard InChI is InChI=1S/C24H29N7OS/c1-16-25-20(14-30(16)13-18-15-33-17(2)26-18)23-27-22(21-7-5-6-10-31(21)23)24(32)29-11-8-19(9-12-29)28(3)4/h5-7,10,14-15,19H,8-9,11-13H2,1-4H3. The van der Waals surface area contributed by atoms with Crippen LogP contribution in [0.4, 0.5) is 0 Å². The number of nitrogens with zero attached hydrogens (tertiary/aromatic N) is 7. The molecule has 172 valence electrons. The number of hydrogen-bond donors (Lipinski definition) is 0. The topological polar surface area (TPSA) is 71.6 Å². The molecule has 4 aromatic rings. The summed E-state index contributed by atoms with van der Waals surface area (Å²) in [6, 6.07) is 6.39. The highest BCUT2D eigenvalue weighted by Gasteiger charge is 2.28. The Bertz CT molecular complexity index is 1290. The number of imidazole rings is 2. The van der Waals surface area contributed by atoms with Gasteiger partial charge in [-0.2, -0.15) is 0 Å². The fraction of sp³-hybridized carbons (Fsp3) is 0.417. The predicted molar refractivity (Wildman–Crippen MR) is 130 cm³/mol. The van der Waals surface area contributed by atoms with Crippen molar-refractivity contribution in [2.45, 2.75) is 39.3 Å². The van der Waals surface area contributed by atoms with Crippen LogP contribution in [0.1, 0.15) is 39.9 Å². The van der Waals surface area contributed by atoms with E-state index in [1.807, 2.05) is 53.7 Å². The van der Waals surface area contributed by atoms with Crippen LogP contribution in [0.5, 0.6) is 0 Å². The molecule has 0 aromatic carbocycles. The van der Waals surface area contributed by atoms with Gasteiger partial charge in [-0.3, -0.25) is 9.20 Å². The van der Waals surface area contributed by atoms with E-state index in [-0.39, 0.29) is 5.91 Å². The number of carbonyl (C=O) groups is 1. The summed E-state index contributed by atoms with van der Waals surface area (Å²) >= 11 is 1.65. The van der Waals surface area contributed by atoms with Crippen molar-refractivity contribution < 1.29 is 4.79 Å². The summed E-state index contributed by atoms with van der Waals surface area (Å²) in [6.45, 7) is 6.17. The molecule has 0 saturated carbocycles. The number of fused-ring (bicyclic) bond motifs is 1. The van der Waals surface area contributed by atoms with Gasteiger partial charge in [0.2, 0.25) is 0 Å². The molecule has 0 unspecified atom stereocenters. The molecule has 1 saturated heterocycles. The van der Waals surface area contributed by atoms with Gasteiger partial charge in [-0.25, -0.2) is 15.0 Å². The average Bonchev–Trinajstić information content (AvgIpc) is 3.50. The van der Waals surface area contributed by atoms with Crippen LogP contribution in [0.3, 0.4) is 0 Å². The molecule has 4 aromatic heterocycles. The van der Waals surface area contributed by atoms with Gasteiger partial charge >= 0.3 is 0 Å². The highest BCUT2D eigenvalue weighted by Crippen LogP contribution is 2.25. The Morgan fingerprint density at radius 1 is 1.15 bits per heavy atom. The van der Waals surface area contributed by atoms with Gasteiger partial charge < -0.3 is 14.4 Å². The first-order valence-electron chi connectivity index (χ1n) is 11.3. The molecule has 9 heteroatoms.